The van der Waals surface area contributed by atoms with E-state index in [1.807, 2.05) is 40.8 Å². The van der Waals surface area contributed by atoms with Crippen molar-refractivity contribution in [2.45, 2.75) is 53.1 Å². The predicted octanol–water partition coefficient (Wildman–Crippen LogP) is 4.28. The molecule has 1 atom stereocenters. The van der Waals surface area contributed by atoms with Gasteiger partial charge in [-0.05, 0) is 21.0 Å². The zero-order chi connectivity index (χ0) is 26.1. The Labute approximate surface area is 203 Å². The van der Waals surface area contributed by atoms with E-state index in [0.717, 1.165) is 13.0 Å². The summed E-state index contributed by atoms with van der Waals surface area (Å²) in [7, 11) is 3.01. The summed E-state index contributed by atoms with van der Waals surface area (Å²) in [5, 5.41) is -0.481. The molecule has 0 saturated heterocycles. The van der Waals surface area contributed by atoms with Crippen LogP contribution < -0.4 is 15.2 Å². The maximum Gasteiger partial charge on any atom is 0.319 e. The van der Waals surface area contributed by atoms with E-state index in [1.54, 1.807) is 0 Å². The molecular formula is C22H35ClF3N6O2+. The Balaban J connectivity index is 0.00000137. The van der Waals surface area contributed by atoms with Gasteiger partial charge in [0.1, 0.15) is 22.9 Å². The number of hydrogen-bond donors (Lipinski definition) is 1. The molecule has 2 N–H and O–H groups in total. The molecule has 12 heteroatoms. The molecule has 2 aromatic rings. The molecule has 3 heterocycles. The Hall–Kier alpha value is -2.40. The minimum absolute atomic E-state index is 0.00346. The van der Waals surface area contributed by atoms with Crippen LogP contribution in [0.1, 0.15) is 41.0 Å². The predicted molar refractivity (Wildman–Crippen MR) is 129 cm³/mol. The highest BCUT2D eigenvalue weighted by Gasteiger charge is 2.32. The second-order valence-electron chi connectivity index (χ2n) is 7.41. The van der Waals surface area contributed by atoms with Crippen molar-refractivity contribution >= 4 is 34.5 Å². The molecule has 0 amide bonds. The molecular weight excluding hydrogens is 473 g/mol. The number of hydrogen-bond acceptors (Lipinski definition) is 7. The number of aromatic nitrogens is 3. The summed E-state index contributed by atoms with van der Waals surface area (Å²) in [6.07, 6.45) is 2.74. The molecule has 34 heavy (non-hydrogen) atoms. The van der Waals surface area contributed by atoms with Gasteiger partial charge >= 0.3 is 6.01 Å². The van der Waals surface area contributed by atoms with E-state index < -0.39 is 36.1 Å². The van der Waals surface area contributed by atoms with Gasteiger partial charge in [-0.3, -0.25) is 0 Å². The van der Waals surface area contributed by atoms with Gasteiger partial charge in [-0.2, -0.15) is 15.0 Å². The number of anilines is 1. The number of alkyl halides is 2. The Morgan fingerprint density at radius 3 is 2.35 bits per heavy atom. The molecule has 1 unspecified atom stereocenters. The number of fused-ring (bicyclic) bond motifs is 1. The summed E-state index contributed by atoms with van der Waals surface area (Å²) in [5.41, 5.74) is 5.62. The fraction of sp³-hybridized carbons (Fsp3) is 0.636. The third-order valence-corrected chi connectivity index (χ3v) is 4.54. The van der Waals surface area contributed by atoms with Gasteiger partial charge in [0.2, 0.25) is 5.88 Å². The average molecular weight is 508 g/mol. The summed E-state index contributed by atoms with van der Waals surface area (Å²) >= 11 is 5.88. The van der Waals surface area contributed by atoms with Crippen LogP contribution in [-0.4, -0.2) is 83.0 Å². The first kappa shape index (κ1) is 29.6. The first-order valence-electron chi connectivity index (χ1n) is 11.3. The number of nitrogen functional groups attached to an aromatic ring is 1. The lowest BCUT2D eigenvalue weighted by atomic mass is 10.2. The minimum atomic E-state index is -3.16. The van der Waals surface area contributed by atoms with E-state index in [4.69, 9.17) is 26.8 Å². The summed E-state index contributed by atoms with van der Waals surface area (Å²) in [6.45, 7) is 9.81. The smallest absolute Gasteiger partial charge is 0.319 e. The monoisotopic (exact) mass is 507 g/mol. The summed E-state index contributed by atoms with van der Waals surface area (Å²) in [6, 6.07) is -0.492. The quantitative estimate of drug-likeness (QED) is 0.400. The van der Waals surface area contributed by atoms with Crippen molar-refractivity contribution in [1.82, 2.24) is 19.9 Å². The van der Waals surface area contributed by atoms with Crippen LogP contribution >= 0.6 is 11.6 Å². The highest BCUT2D eigenvalue weighted by atomic mass is 35.5. The van der Waals surface area contributed by atoms with Crippen LogP contribution in [0.3, 0.4) is 0 Å². The van der Waals surface area contributed by atoms with Crippen LogP contribution in [0.4, 0.5) is 19.0 Å². The van der Waals surface area contributed by atoms with Gasteiger partial charge in [0, 0.05) is 0 Å². The van der Waals surface area contributed by atoms with Crippen LogP contribution in [0.25, 0.3) is 10.9 Å². The topological polar surface area (TPSA) is 89.4 Å². The zero-order valence-corrected chi connectivity index (χ0v) is 21.6. The van der Waals surface area contributed by atoms with Crippen molar-refractivity contribution in [3.63, 3.8) is 0 Å². The van der Waals surface area contributed by atoms with Gasteiger partial charge in [0.25, 0.3) is 5.92 Å². The minimum Gasteiger partial charge on any atom is -0.467 e. The molecule has 3 rings (SSSR count). The first-order valence-corrected chi connectivity index (χ1v) is 11.6. The van der Waals surface area contributed by atoms with Crippen LogP contribution in [0.5, 0.6) is 11.9 Å². The maximum atomic E-state index is 14.6. The molecule has 0 aromatic carbocycles. The van der Waals surface area contributed by atoms with E-state index >= 15 is 0 Å². The number of ether oxygens (including phenoxy) is 2. The third kappa shape index (κ3) is 8.12. The molecule has 0 radical (unpaired) electrons. The number of rotatable bonds is 9. The lowest BCUT2D eigenvalue weighted by Crippen LogP contribution is -2.37. The van der Waals surface area contributed by atoms with Crippen molar-refractivity contribution in [2.24, 2.45) is 0 Å². The van der Waals surface area contributed by atoms with Gasteiger partial charge in [-0.1, -0.05) is 39.3 Å². The van der Waals surface area contributed by atoms with E-state index in [2.05, 4.69) is 19.5 Å². The highest BCUT2D eigenvalue weighted by molar-refractivity contribution is 6.30. The van der Waals surface area contributed by atoms with E-state index in [0.29, 0.717) is 6.54 Å². The van der Waals surface area contributed by atoms with Crippen LogP contribution in [0.15, 0.2) is 0 Å². The Kier molecular flexibility index (Phi) is 11.7. The zero-order valence-electron chi connectivity index (χ0n) is 20.8. The van der Waals surface area contributed by atoms with Gasteiger partial charge in [0.15, 0.2) is 36.8 Å². The Morgan fingerprint density at radius 1 is 1.21 bits per heavy atom. The summed E-state index contributed by atoms with van der Waals surface area (Å²) in [4.78, 5) is 13.0. The maximum absolute atomic E-state index is 14.6. The van der Waals surface area contributed by atoms with Crippen molar-refractivity contribution in [3.05, 3.63) is 11.0 Å². The number of nitrogens with two attached hydrogens (primary N) is 1. The lowest BCUT2D eigenvalue weighted by molar-refractivity contribution is -0.552. The van der Waals surface area contributed by atoms with Crippen molar-refractivity contribution in [2.75, 3.05) is 46.1 Å². The fourth-order valence-electron chi connectivity index (χ4n) is 2.98. The van der Waals surface area contributed by atoms with E-state index in [1.165, 1.54) is 19.0 Å². The Morgan fingerprint density at radius 2 is 1.82 bits per heavy atom. The van der Waals surface area contributed by atoms with Crippen molar-refractivity contribution in [3.8, 4) is 11.9 Å². The molecule has 2 aromatic heterocycles. The Bertz CT molecular complexity index is 976. The molecule has 0 spiro atoms. The fourth-order valence-corrected chi connectivity index (χ4v) is 3.15. The third-order valence-electron chi connectivity index (χ3n) is 4.29. The van der Waals surface area contributed by atoms with Gasteiger partial charge in [-0.15, -0.1) is 0 Å². The number of halogens is 4. The van der Waals surface area contributed by atoms with Gasteiger partial charge in [0.05, 0.1) is 13.0 Å². The molecule has 1 aliphatic rings. The average Bonchev–Trinajstić information content (AvgIpc) is 2.75. The highest BCUT2D eigenvalue weighted by Crippen LogP contribution is 2.34. The van der Waals surface area contributed by atoms with Gasteiger partial charge in [-0.25, -0.2) is 17.7 Å². The number of pyridine rings is 1. The first-order chi connectivity index (χ1) is 16.1. The van der Waals surface area contributed by atoms with Gasteiger partial charge < -0.3 is 20.1 Å². The molecule has 0 fully saturated rings. The largest absolute Gasteiger partial charge is 0.467 e. The molecule has 192 valence electrons. The second kappa shape index (κ2) is 13.5. The molecule has 0 aliphatic carbocycles. The summed E-state index contributed by atoms with van der Waals surface area (Å²) in [5.74, 6) is -4.39. The normalized spacial score (nSPS) is 13.7. The second-order valence-corrected chi connectivity index (χ2v) is 7.77. The number of nitrogens with zero attached hydrogens (tertiary/aromatic N) is 5. The van der Waals surface area contributed by atoms with Crippen molar-refractivity contribution < 1.29 is 27.2 Å². The SMILES string of the molecule is CC.CC.CC(C[N+]1=CCC1)Oc1nc(Cl)c(F)c2nc(OCC(F)(F)CN(C)C)nc(N)c12. The van der Waals surface area contributed by atoms with Crippen LogP contribution in [0.2, 0.25) is 5.15 Å². The summed E-state index contributed by atoms with van der Waals surface area (Å²) < 4.78 is 55.2. The molecule has 8 nitrogen and oxygen atoms in total. The molecule has 1 aliphatic heterocycles. The van der Waals surface area contributed by atoms with Crippen LogP contribution in [-0.2, 0) is 0 Å². The van der Waals surface area contributed by atoms with Crippen LogP contribution in [0, 0.1) is 5.82 Å². The standard InChI is InChI=1S/C18H23ClF3N6O2.2C2H6/c1-10(7-28-5-4-6-28)30-16-11-13(12(20)14(19)25-16)24-17(26-15(11)23)29-9-18(21,22)8-27(2)3;2*1-2/h5,10H,4,6-9H2,1-3H3,(H2,23,24,26);2*1-2H3/q+1;;. The molecule has 0 bridgehead atoms. The van der Waals surface area contributed by atoms with E-state index in [9.17, 15) is 13.2 Å². The van der Waals surface area contributed by atoms with E-state index in [-0.39, 0.29) is 28.7 Å². The van der Waals surface area contributed by atoms with Crippen molar-refractivity contribution in [1.29, 1.82) is 0 Å². The molecule has 0 saturated carbocycles. The lowest BCUT2D eigenvalue weighted by Gasteiger charge is -2.20.